The second-order valence-corrected chi connectivity index (χ2v) is 28.4. The van der Waals surface area contributed by atoms with E-state index in [2.05, 4.69) is 226 Å². The third-order valence-corrected chi connectivity index (χ3v) is 15.6. The van der Waals surface area contributed by atoms with Crippen LogP contribution in [0.1, 0.15) is 181 Å². The summed E-state index contributed by atoms with van der Waals surface area (Å²) in [5, 5.41) is 13.7. The first kappa shape index (κ1) is 57.3. The molecule has 0 saturated carbocycles. The molecule has 0 aliphatic carbocycles. The molecule has 5 heterocycles. The van der Waals surface area contributed by atoms with Crippen LogP contribution in [0.5, 0.6) is 0 Å². The van der Waals surface area contributed by atoms with E-state index in [1.807, 2.05) is 36.4 Å². The van der Waals surface area contributed by atoms with Crippen LogP contribution in [0, 0.1) is 13.7 Å². The average molecular weight is 1180 g/mol. The van der Waals surface area contributed by atoms with Gasteiger partial charge in [0, 0.05) is 9.65 Å². The molecule has 1 radical (unpaired) electrons. The Balaban J connectivity index is 0.00000784. The first-order chi connectivity index (χ1) is 35.1. The van der Waals surface area contributed by atoms with Crippen molar-refractivity contribution in [2.45, 2.75) is 157 Å². The van der Waals surface area contributed by atoms with Crippen LogP contribution in [0.25, 0.3) is 90.5 Å². The van der Waals surface area contributed by atoms with Crippen molar-refractivity contribution < 1.29 is 22.0 Å². The van der Waals surface area contributed by atoms with Crippen LogP contribution in [0.4, 0.5) is 0 Å². The van der Waals surface area contributed by atoms with Crippen molar-refractivity contribution in [1.82, 2.24) is 19.9 Å². The number of hydrogen-bond acceptors (Lipinski definition) is 4. The fourth-order valence-corrected chi connectivity index (χ4v) is 10.4. The summed E-state index contributed by atoms with van der Waals surface area (Å²) in [6.07, 6.45) is 5.92. The van der Waals surface area contributed by atoms with E-state index in [-0.39, 0.29) is 65.9 Å². The van der Waals surface area contributed by atoms with Crippen LogP contribution in [0.15, 0.2) is 103 Å². The zero-order valence-electron chi connectivity index (χ0n) is 48.3. The van der Waals surface area contributed by atoms with Gasteiger partial charge in [0.15, 0.2) is 0 Å². The molecule has 3 aromatic heterocycles. The number of aromatic nitrogens is 4. The Labute approximate surface area is 481 Å². The third-order valence-electron chi connectivity index (χ3n) is 14.9. The Kier molecular flexibility index (Phi) is 15.0. The number of benzene rings is 4. The van der Waals surface area contributed by atoms with Gasteiger partial charge in [-0.05, 0) is 157 Å². The average Bonchev–Trinajstić information content (AvgIpc) is 4.16. The molecule has 0 amide bonds. The standard InChI is InChI=1S/C68H74IN5O2.Cu/c1-63(2,3)43-29-40(30-44(35-43)64(4,5)6)58-50-23-24-51(70-50)59(41-31-45(65(7,8)9)36-46(32-41)66(10,11)12)53-27-28-55(72-53)61(39-19-21-49(69)22-20-39)62-57(74(75)76)38-56(73-62)60(54-26-25-52(58)71-54)42-33-47(67(13,14)15)37-48(34-42)68(16,17)18;/h19-38H,1-18H3;/q-2;+2. The van der Waals surface area contributed by atoms with E-state index < -0.39 is 0 Å². The Hall–Kier alpha value is -5.87. The zero-order valence-corrected chi connectivity index (χ0v) is 51.4. The molecular formula is C68H74CuIN5O2. The van der Waals surface area contributed by atoms with Gasteiger partial charge in [-0.3, -0.25) is 10.1 Å². The zero-order chi connectivity index (χ0) is 55.4. The SMILES string of the molecule is CC(C)(C)c1cc(-c2c3nc(c(-c4cc(C(C)(C)C)cc(C(C)(C)C)c4)c4ccc([n-]4)c(-c4ccc(I)cc4)c4nc(c(-c5cc(C(C)(C)C)cc(C(C)(C)C)c5)c5ccc2[n-]5)C=C4[N+](=O)[O-])C=C3)cc(C(C)(C)C)c1.[Cu+2]. The van der Waals surface area contributed by atoms with Crippen molar-refractivity contribution in [3.63, 3.8) is 0 Å². The topological polar surface area (TPSA) is 97.1 Å². The van der Waals surface area contributed by atoms with E-state index in [9.17, 15) is 10.1 Å². The second-order valence-electron chi connectivity index (χ2n) is 27.2. The molecule has 0 N–H and O–H groups in total. The summed E-state index contributed by atoms with van der Waals surface area (Å²) in [7, 11) is 0. The minimum absolute atomic E-state index is 0. The van der Waals surface area contributed by atoms with Crippen LogP contribution in [0.3, 0.4) is 0 Å². The monoisotopic (exact) mass is 1180 g/mol. The van der Waals surface area contributed by atoms with Crippen molar-refractivity contribution in [3.05, 3.63) is 173 Å². The summed E-state index contributed by atoms with van der Waals surface area (Å²) in [6, 6.07) is 36.9. The van der Waals surface area contributed by atoms with E-state index in [1.54, 1.807) is 6.08 Å². The first-order valence-electron chi connectivity index (χ1n) is 26.6. The van der Waals surface area contributed by atoms with Crippen molar-refractivity contribution in [1.29, 1.82) is 0 Å². The van der Waals surface area contributed by atoms with Gasteiger partial charge in [0.25, 0.3) is 5.70 Å². The van der Waals surface area contributed by atoms with Crippen LogP contribution < -0.4 is 9.97 Å². The fourth-order valence-electron chi connectivity index (χ4n) is 10.00. The van der Waals surface area contributed by atoms with Crippen molar-refractivity contribution >= 4 is 68.6 Å². The number of fused-ring (bicyclic) bond motifs is 8. The van der Waals surface area contributed by atoms with Crippen molar-refractivity contribution in [3.8, 4) is 44.5 Å². The molecule has 401 valence electrons. The maximum atomic E-state index is 13.7. The number of hydrogen-bond donors (Lipinski definition) is 0. The summed E-state index contributed by atoms with van der Waals surface area (Å²) in [4.78, 5) is 35.8. The fraction of sp³-hybridized carbons (Fsp3) is 0.353. The molecule has 0 spiro atoms. The molecule has 4 aromatic carbocycles. The molecule has 7 nitrogen and oxygen atoms in total. The first-order valence-corrected chi connectivity index (χ1v) is 27.7. The normalized spacial score (nSPS) is 13.4. The maximum absolute atomic E-state index is 13.7. The predicted octanol–water partition coefficient (Wildman–Crippen LogP) is 18.6. The Morgan fingerprint density at radius 1 is 0.403 bits per heavy atom. The van der Waals surface area contributed by atoms with Gasteiger partial charge >= 0.3 is 17.1 Å². The smallest absolute Gasteiger partial charge is 0.657 e. The number of halogens is 1. The van der Waals surface area contributed by atoms with Gasteiger partial charge in [0.1, 0.15) is 5.69 Å². The molecule has 9 heteroatoms. The van der Waals surface area contributed by atoms with Crippen molar-refractivity contribution in [2.75, 3.05) is 0 Å². The van der Waals surface area contributed by atoms with E-state index in [1.165, 1.54) is 22.3 Å². The maximum Gasteiger partial charge on any atom is 2.00 e. The molecule has 8 bridgehead atoms. The van der Waals surface area contributed by atoms with Gasteiger partial charge in [-0.15, -0.1) is 22.1 Å². The van der Waals surface area contributed by atoms with Crippen molar-refractivity contribution in [2.24, 2.45) is 0 Å². The summed E-state index contributed by atoms with van der Waals surface area (Å²) >= 11 is 2.30. The molecule has 2 aliphatic heterocycles. The van der Waals surface area contributed by atoms with Gasteiger partial charge in [0.05, 0.1) is 22.0 Å². The van der Waals surface area contributed by atoms with Crippen LogP contribution in [0.2, 0.25) is 0 Å². The quantitative estimate of drug-likeness (QED) is 0.0737. The summed E-state index contributed by atoms with van der Waals surface area (Å²) < 4.78 is 1.04. The van der Waals surface area contributed by atoms with Crippen LogP contribution in [-0.2, 0) is 49.6 Å². The molecule has 2 aliphatic rings. The van der Waals surface area contributed by atoms with E-state index >= 15 is 0 Å². The molecule has 77 heavy (non-hydrogen) atoms. The van der Waals surface area contributed by atoms with Gasteiger partial charge in [-0.1, -0.05) is 216 Å². The van der Waals surface area contributed by atoms with Gasteiger partial charge < -0.3 is 9.97 Å². The Morgan fingerprint density at radius 2 is 0.701 bits per heavy atom. The minimum atomic E-state index is -0.302. The molecule has 0 saturated heterocycles. The summed E-state index contributed by atoms with van der Waals surface area (Å²) in [6.45, 7) is 40.5. The van der Waals surface area contributed by atoms with Gasteiger partial charge in [-0.25, -0.2) is 9.97 Å². The van der Waals surface area contributed by atoms with E-state index in [4.69, 9.17) is 19.9 Å². The van der Waals surface area contributed by atoms with Crippen LogP contribution >= 0.6 is 22.6 Å². The number of nitrogens with zero attached hydrogens (tertiary/aromatic N) is 5. The van der Waals surface area contributed by atoms with E-state index in [0.717, 1.165) is 65.0 Å². The van der Waals surface area contributed by atoms with Crippen LogP contribution in [-0.4, -0.2) is 14.9 Å². The molecule has 0 atom stereocenters. The Morgan fingerprint density at radius 3 is 1.00 bits per heavy atom. The molecular weight excluding hydrogens is 1110 g/mol. The second kappa shape index (κ2) is 20.1. The predicted molar refractivity (Wildman–Crippen MR) is 329 cm³/mol. The molecule has 0 unspecified atom stereocenters. The van der Waals surface area contributed by atoms with E-state index in [0.29, 0.717) is 33.4 Å². The minimum Gasteiger partial charge on any atom is -0.657 e. The number of nitro groups is 1. The largest absolute Gasteiger partial charge is 2.00 e. The number of rotatable bonds is 5. The summed E-state index contributed by atoms with van der Waals surface area (Å²) in [5.41, 5.74) is 17.5. The summed E-state index contributed by atoms with van der Waals surface area (Å²) in [5.74, 6) is 0. The van der Waals surface area contributed by atoms with Gasteiger partial charge in [0.2, 0.25) is 0 Å². The molecule has 7 aromatic rings. The van der Waals surface area contributed by atoms with Gasteiger partial charge in [-0.2, -0.15) is 0 Å². The third kappa shape index (κ3) is 11.7. The molecule has 0 fully saturated rings. The Bertz CT molecular complexity index is 3640. The molecule has 9 rings (SSSR count).